The van der Waals surface area contributed by atoms with Gasteiger partial charge in [0.2, 0.25) is 0 Å². The highest BCUT2D eigenvalue weighted by Crippen LogP contribution is 2.37. The smallest absolute Gasteiger partial charge is 0.183 e. The van der Waals surface area contributed by atoms with Gasteiger partial charge in [-0.25, -0.2) is 0 Å². The maximum Gasteiger partial charge on any atom is 0.183 e. The Morgan fingerprint density at radius 1 is 1.30 bits per heavy atom. The number of benzene rings is 1. The van der Waals surface area contributed by atoms with Crippen molar-refractivity contribution < 1.29 is 19.0 Å². The minimum Gasteiger partial charge on any atom is -0.495 e. The molecule has 0 saturated carbocycles. The van der Waals surface area contributed by atoms with Gasteiger partial charge in [0.15, 0.2) is 5.78 Å². The molecule has 0 heterocycles. The van der Waals surface area contributed by atoms with E-state index < -0.39 is 6.04 Å². The van der Waals surface area contributed by atoms with Gasteiger partial charge in [0.1, 0.15) is 16.0 Å². The van der Waals surface area contributed by atoms with E-state index in [1.807, 2.05) is 0 Å². The van der Waals surface area contributed by atoms with E-state index in [-0.39, 0.29) is 5.78 Å². The molecule has 2 N–H and O–H groups in total. The number of ether oxygens (including phenoxy) is 3. The van der Waals surface area contributed by atoms with E-state index in [2.05, 4.69) is 15.9 Å². The number of carbonyl (C=O) groups is 1. The lowest BCUT2D eigenvalue weighted by Gasteiger charge is -2.15. The van der Waals surface area contributed by atoms with Crippen LogP contribution in [0, 0.1) is 0 Å². The van der Waals surface area contributed by atoms with Crippen molar-refractivity contribution in [2.45, 2.75) is 18.9 Å². The average Bonchev–Trinajstić information content (AvgIpc) is 2.46. The number of methoxy groups -OCH3 is 3. The van der Waals surface area contributed by atoms with Crippen molar-refractivity contribution >= 4 is 21.7 Å². The summed E-state index contributed by atoms with van der Waals surface area (Å²) in [7, 11) is 4.68. The van der Waals surface area contributed by atoms with Gasteiger partial charge in [-0.15, -0.1) is 0 Å². The van der Waals surface area contributed by atoms with Crippen LogP contribution in [-0.2, 0) is 4.74 Å². The molecule has 0 aliphatic rings. The predicted molar refractivity (Wildman–Crippen MR) is 80.7 cm³/mol. The SMILES string of the molecule is COCCCC(N)C(=O)c1ccc(OC)c(Br)c1OC. The molecule has 0 amide bonds. The number of hydrogen-bond donors (Lipinski definition) is 1. The molecule has 0 bridgehead atoms. The summed E-state index contributed by atoms with van der Waals surface area (Å²) in [5.74, 6) is 0.893. The molecule has 0 aromatic heterocycles. The van der Waals surface area contributed by atoms with Gasteiger partial charge in [-0.1, -0.05) is 0 Å². The molecule has 1 aromatic carbocycles. The van der Waals surface area contributed by atoms with Crippen LogP contribution in [0.5, 0.6) is 11.5 Å². The Kier molecular flexibility index (Phi) is 6.98. The van der Waals surface area contributed by atoms with Gasteiger partial charge in [-0.05, 0) is 40.9 Å². The molecule has 0 aliphatic heterocycles. The molecular weight excluding hydrogens is 326 g/mol. The molecule has 1 unspecified atom stereocenters. The third kappa shape index (κ3) is 3.94. The van der Waals surface area contributed by atoms with Crippen molar-refractivity contribution in [3.8, 4) is 11.5 Å². The highest BCUT2D eigenvalue weighted by atomic mass is 79.9. The number of carbonyl (C=O) groups excluding carboxylic acids is 1. The molecule has 20 heavy (non-hydrogen) atoms. The summed E-state index contributed by atoms with van der Waals surface area (Å²) in [5.41, 5.74) is 6.38. The first-order valence-corrected chi connectivity index (χ1v) is 7.05. The normalized spacial score (nSPS) is 12.1. The van der Waals surface area contributed by atoms with Crippen molar-refractivity contribution in [1.29, 1.82) is 0 Å². The zero-order chi connectivity index (χ0) is 15.1. The van der Waals surface area contributed by atoms with Crippen LogP contribution in [0.4, 0.5) is 0 Å². The average molecular weight is 346 g/mol. The Morgan fingerprint density at radius 2 is 2.00 bits per heavy atom. The van der Waals surface area contributed by atoms with Gasteiger partial charge in [0, 0.05) is 13.7 Å². The Morgan fingerprint density at radius 3 is 2.55 bits per heavy atom. The fourth-order valence-electron chi connectivity index (χ4n) is 1.87. The Bertz CT molecular complexity index is 465. The first kappa shape index (κ1) is 16.9. The van der Waals surface area contributed by atoms with E-state index in [1.165, 1.54) is 7.11 Å². The lowest BCUT2D eigenvalue weighted by molar-refractivity contribution is 0.0947. The second kappa shape index (κ2) is 8.24. The number of Topliss-reactive ketones (excluding diaryl/α,β-unsaturated/α-hetero) is 1. The second-order valence-corrected chi connectivity index (χ2v) is 5.06. The van der Waals surface area contributed by atoms with Crippen LogP contribution in [0.1, 0.15) is 23.2 Å². The van der Waals surface area contributed by atoms with Crippen LogP contribution in [0.25, 0.3) is 0 Å². The van der Waals surface area contributed by atoms with Crippen molar-refractivity contribution in [2.24, 2.45) is 5.73 Å². The number of halogens is 1. The monoisotopic (exact) mass is 345 g/mol. The van der Waals surface area contributed by atoms with Gasteiger partial charge in [-0.3, -0.25) is 4.79 Å². The van der Waals surface area contributed by atoms with Gasteiger partial charge in [-0.2, -0.15) is 0 Å². The Labute approximate surface area is 127 Å². The number of nitrogens with two attached hydrogens (primary N) is 1. The topological polar surface area (TPSA) is 70.8 Å². The molecule has 112 valence electrons. The first-order valence-electron chi connectivity index (χ1n) is 6.26. The van der Waals surface area contributed by atoms with Crippen LogP contribution < -0.4 is 15.2 Å². The second-order valence-electron chi connectivity index (χ2n) is 4.27. The molecule has 0 radical (unpaired) electrons. The summed E-state index contributed by atoms with van der Waals surface area (Å²) >= 11 is 3.37. The lowest BCUT2D eigenvalue weighted by atomic mass is 10.00. The molecule has 6 heteroatoms. The first-order chi connectivity index (χ1) is 9.56. The predicted octanol–water partition coefficient (Wildman–Crippen LogP) is 2.40. The fourth-order valence-corrected chi connectivity index (χ4v) is 2.54. The maximum absolute atomic E-state index is 12.4. The van der Waals surface area contributed by atoms with E-state index in [4.69, 9.17) is 19.9 Å². The van der Waals surface area contributed by atoms with Crippen LogP contribution in [-0.4, -0.2) is 39.8 Å². The van der Waals surface area contributed by atoms with Crippen molar-refractivity contribution in [2.75, 3.05) is 27.9 Å². The molecule has 1 rings (SSSR count). The van der Waals surface area contributed by atoms with E-state index in [0.717, 1.165) is 6.42 Å². The molecule has 1 atom stereocenters. The number of rotatable bonds is 8. The molecule has 1 aromatic rings. The fraction of sp³-hybridized carbons (Fsp3) is 0.500. The quantitative estimate of drug-likeness (QED) is 0.578. The van der Waals surface area contributed by atoms with Gasteiger partial charge in [0.05, 0.1) is 25.8 Å². The van der Waals surface area contributed by atoms with Crippen molar-refractivity contribution in [3.63, 3.8) is 0 Å². The Hall–Kier alpha value is -1.11. The summed E-state index contributed by atoms with van der Waals surface area (Å²) in [5, 5.41) is 0. The largest absolute Gasteiger partial charge is 0.495 e. The summed E-state index contributed by atoms with van der Waals surface area (Å²) < 4.78 is 16.0. The number of hydrogen-bond acceptors (Lipinski definition) is 5. The van der Waals surface area contributed by atoms with Gasteiger partial charge in [0.25, 0.3) is 0 Å². The third-order valence-corrected chi connectivity index (χ3v) is 3.70. The summed E-state index contributed by atoms with van der Waals surface area (Å²) in [6.07, 6.45) is 1.31. The lowest BCUT2D eigenvalue weighted by Crippen LogP contribution is -2.31. The van der Waals surface area contributed by atoms with Crippen LogP contribution >= 0.6 is 15.9 Å². The molecule has 0 aliphatic carbocycles. The molecule has 0 fully saturated rings. The minimum atomic E-state index is -0.570. The summed E-state index contributed by atoms with van der Waals surface area (Å²) in [6.45, 7) is 0.588. The number of ketones is 1. The molecule has 0 saturated heterocycles. The van der Waals surface area contributed by atoms with Gasteiger partial charge < -0.3 is 19.9 Å². The van der Waals surface area contributed by atoms with Crippen molar-refractivity contribution in [1.82, 2.24) is 0 Å². The van der Waals surface area contributed by atoms with Gasteiger partial charge >= 0.3 is 0 Å². The van der Waals surface area contributed by atoms with E-state index in [0.29, 0.717) is 34.6 Å². The zero-order valence-electron chi connectivity index (χ0n) is 11.9. The standard InChI is InChI=1S/C14H20BrNO4/c1-18-8-4-5-10(16)13(17)9-6-7-11(19-2)12(15)14(9)20-3/h6-7,10H,4-5,8,16H2,1-3H3. The van der Waals surface area contributed by atoms with E-state index in [1.54, 1.807) is 26.4 Å². The highest BCUT2D eigenvalue weighted by Gasteiger charge is 2.22. The van der Waals surface area contributed by atoms with Crippen LogP contribution in [0.2, 0.25) is 0 Å². The molecule has 5 nitrogen and oxygen atoms in total. The zero-order valence-corrected chi connectivity index (χ0v) is 13.5. The Balaban J connectivity index is 2.95. The summed E-state index contributed by atoms with van der Waals surface area (Å²) in [6, 6.07) is 2.81. The van der Waals surface area contributed by atoms with Crippen LogP contribution in [0.3, 0.4) is 0 Å². The third-order valence-electron chi connectivity index (χ3n) is 2.95. The highest BCUT2D eigenvalue weighted by molar-refractivity contribution is 9.10. The van der Waals surface area contributed by atoms with Crippen molar-refractivity contribution in [3.05, 3.63) is 22.2 Å². The van der Waals surface area contributed by atoms with E-state index in [9.17, 15) is 4.79 Å². The minimum absolute atomic E-state index is 0.152. The van der Waals surface area contributed by atoms with E-state index >= 15 is 0 Å². The summed E-state index contributed by atoms with van der Waals surface area (Å²) in [4.78, 5) is 12.4. The molecular formula is C14H20BrNO4. The maximum atomic E-state index is 12.4. The molecule has 0 spiro atoms. The van der Waals surface area contributed by atoms with Crippen LogP contribution in [0.15, 0.2) is 16.6 Å².